The van der Waals surface area contributed by atoms with Crippen molar-refractivity contribution in [1.82, 2.24) is 0 Å². The fourth-order valence-corrected chi connectivity index (χ4v) is 1.29. The van der Waals surface area contributed by atoms with Gasteiger partial charge in [-0.2, -0.15) is 10.0 Å². The van der Waals surface area contributed by atoms with Gasteiger partial charge in [0.05, 0.1) is 12.1 Å². The van der Waals surface area contributed by atoms with E-state index in [4.69, 9.17) is 5.53 Å². The van der Waals surface area contributed by atoms with E-state index >= 15 is 0 Å². The Morgan fingerprint density at radius 1 is 1.10 bits per heavy atom. The lowest BCUT2D eigenvalue weighted by atomic mass is 9.92. The summed E-state index contributed by atoms with van der Waals surface area (Å²) in [5, 5.41) is 6.39. The average Bonchev–Trinajstić information content (AvgIpc) is 2.05. The third-order valence-corrected chi connectivity index (χ3v) is 2.00. The van der Waals surface area contributed by atoms with Gasteiger partial charge in [-0.25, -0.2) is 5.53 Å². The highest BCUT2D eigenvalue weighted by atomic mass is 16.3. The van der Waals surface area contributed by atoms with E-state index in [2.05, 4.69) is 10.3 Å². The maximum Gasteiger partial charge on any atom is 0.0921 e. The quantitative estimate of drug-likeness (QED) is 0.464. The van der Waals surface area contributed by atoms with Crippen molar-refractivity contribution in [1.29, 1.82) is 5.53 Å². The molecule has 4 nitrogen and oxygen atoms in total. The van der Waals surface area contributed by atoms with Crippen LogP contribution in [0.2, 0.25) is 0 Å². The van der Waals surface area contributed by atoms with Gasteiger partial charge in [-0.3, -0.25) is 0 Å². The normalized spacial score (nSPS) is 33.2. The van der Waals surface area contributed by atoms with Crippen LogP contribution in [0.5, 0.6) is 0 Å². The zero-order valence-corrected chi connectivity index (χ0v) is 5.79. The van der Waals surface area contributed by atoms with E-state index in [1.165, 1.54) is 0 Å². The molecule has 1 aliphatic rings. The largest absolute Gasteiger partial charge is 0.210 e. The number of hydrogen-bond donors (Lipinski definition) is 1. The van der Waals surface area contributed by atoms with Crippen LogP contribution in [-0.4, -0.2) is 12.1 Å². The molecule has 0 unspecified atom stereocenters. The average molecular weight is 141 g/mol. The maximum atomic E-state index is 10.0. The smallest absolute Gasteiger partial charge is 0.0921 e. The molecule has 0 heterocycles. The van der Waals surface area contributed by atoms with Crippen LogP contribution >= 0.6 is 0 Å². The highest BCUT2D eigenvalue weighted by Gasteiger charge is 2.20. The van der Waals surface area contributed by atoms with Crippen LogP contribution < -0.4 is 0 Å². The first-order valence-corrected chi connectivity index (χ1v) is 3.56. The zero-order chi connectivity index (χ0) is 7.40. The van der Waals surface area contributed by atoms with Crippen LogP contribution in [0.15, 0.2) is 10.3 Å². The summed E-state index contributed by atoms with van der Waals surface area (Å²) in [6.07, 6.45) is 3.35. The van der Waals surface area contributed by atoms with Gasteiger partial charge < -0.3 is 0 Å². The Morgan fingerprint density at radius 3 is 2.00 bits per heavy atom. The summed E-state index contributed by atoms with van der Waals surface area (Å²) in [4.78, 5) is 10.0. The van der Waals surface area contributed by atoms with Crippen LogP contribution in [-0.2, 0) is 0 Å². The number of nitrogens with zero attached hydrogens (tertiary/aromatic N) is 2. The van der Waals surface area contributed by atoms with Gasteiger partial charge in [0.15, 0.2) is 0 Å². The number of nitroso groups, excluding NO2 is 1. The van der Waals surface area contributed by atoms with Crippen molar-refractivity contribution >= 4 is 0 Å². The summed E-state index contributed by atoms with van der Waals surface area (Å²) in [6.45, 7) is 0. The zero-order valence-electron chi connectivity index (χ0n) is 5.79. The first-order chi connectivity index (χ1) is 4.86. The van der Waals surface area contributed by atoms with Crippen molar-refractivity contribution in [3.63, 3.8) is 0 Å². The summed E-state index contributed by atoms with van der Waals surface area (Å²) in [5.74, 6) is 0. The fraction of sp³-hybridized carbons (Fsp3) is 1.00. The fourth-order valence-electron chi connectivity index (χ4n) is 1.29. The monoisotopic (exact) mass is 141 g/mol. The summed E-state index contributed by atoms with van der Waals surface area (Å²) in [7, 11) is 0. The summed E-state index contributed by atoms with van der Waals surface area (Å²) < 4.78 is 0. The molecule has 0 spiro atoms. The molecule has 1 fully saturated rings. The Hall–Kier alpha value is -0.800. The molecule has 0 amide bonds. The van der Waals surface area contributed by atoms with E-state index in [9.17, 15) is 4.91 Å². The second-order valence-electron chi connectivity index (χ2n) is 2.70. The van der Waals surface area contributed by atoms with Crippen LogP contribution in [0, 0.1) is 10.4 Å². The minimum absolute atomic E-state index is 0.00185. The van der Waals surface area contributed by atoms with E-state index in [-0.39, 0.29) is 12.1 Å². The van der Waals surface area contributed by atoms with Gasteiger partial charge in [0, 0.05) is 0 Å². The van der Waals surface area contributed by atoms with Gasteiger partial charge in [-0.1, -0.05) is 5.18 Å². The molecular formula is C6H11N3O. The highest BCUT2D eigenvalue weighted by Crippen LogP contribution is 2.22. The molecule has 0 saturated heterocycles. The van der Waals surface area contributed by atoms with Crippen LogP contribution in [0.1, 0.15) is 25.7 Å². The minimum Gasteiger partial charge on any atom is -0.210 e. The second-order valence-corrected chi connectivity index (χ2v) is 2.70. The maximum absolute atomic E-state index is 10.0. The summed E-state index contributed by atoms with van der Waals surface area (Å²) in [6, 6.07) is 0.163. The molecule has 0 atom stereocenters. The molecule has 4 heteroatoms. The third kappa shape index (κ3) is 1.59. The minimum atomic E-state index is -0.00185. The van der Waals surface area contributed by atoms with Crippen molar-refractivity contribution in [2.75, 3.05) is 0 Å². The van der Waals surface area contributed by atoms with Crippen LogP contribution in [0.3, 0.4) is 0 Å². The Balaban J connectivity index is 2.30. The van der Waals surface area contributed by atoms with Crippen molar-refractivity contribution in [2.24, 2.45) is 10.3 Å². The number of rotatable bonds is 2. The molecule has 1 rings (SSSR count). The molecule has 0 aromatic heterocycles. The van der Waals surface area contributed by atoms with Crippen LogP contribution in [0.4, 0.5) is 0 Å². The molecule has 56 valence electrons. The van der Waals surface area contributed by atoms with Gasteiger partial charge >= 0.3 is 0 Å². The van der Waals surface area contributed by atoms with E-state index in [1.807, 2.05) is 0 Å². The topological polar surface area (TPSA) is 65.6 Å². The van der Waals surface area contributed by atoms with E-state index < -0.39 is 0 Å². The van der Waals surface area contributed by atoms with Gasteiger partial charge in [-0.15, -0.1) is 0 Å². The summed E-state index contributed by atoms with van der Waals surface area (Å²) >= 11 is 0. The lowest BCUT2D eigenvalue weighted by molar-refractivity contribution is 0.383. The van der Waals surface area contributed by atoms with Crippen molar-refractivity contribution in [2.45, 2.75) is 37.8 Å². The van der Waals surface area contributed by atoms with Gasteiger partial charge in [0.2, 0.25) is 0 Å². The summed E-state index contributed by atoms with van der Waals surface area (Å²) in [5.41, 5.74) is 6.74. The Kier molecular flexibility index (Phi) is 2.48. The van der Waals surface area contributed by atoms with E-state index in [0.717, 1.165) is 25.7 Å². The van der Waals surface area contributed by atoms with Gasteiger partial charge in [0.1, 0.15) is 0 Å². The Bertz CT molecular complexity index is 113. The Labute approximate surface area is 59.5 Å². The Morgan fingerprint density at radius 2 is 1.60 bits per heavy atom. The number of hydrogen-bond acceptors (Lipinski definition) is 4. The van der Waals surface area contributed by atoms with Crippen molar-refractivity contribution in [3.05, 3.63) is 4.91 Å². The molecule has 1 saturated carbocycles. The molecule has 0 aliphatic heterocycles. The standard InChI is InChI=1S/C6H11N3O/c7-8-5-1-3-6(9-10)4-2-5/h5-7H,1-4H2/t5-,6-. The first-order valence-electron chi connectivity index (χ1n) is 3.56. The highest BCUT2D eigenvalue weighted by molar-refractivity contribution is 4.78. The molecule has 10 heavy (non-hydrogen) atoms. The predicted octanol–water partition coefficient (Wildman–Crippen LogP) is 2.09. The lowest BCUT2D eigenvalue weighted by Gasteiger charge is -2.19. The second kappa shape index (κ2) is 3.39. The van der Waals surface area contributed by atoms with Crippen molar-refractivity contribution < 1.29 is 0 Å². The van der Waals surface area contributed by atoms with Gasteiger partial charge in [-0.05, 0) is 25.7 Å². The molecule has 0 radical (unpaired) electrons. The van der Waals surface area contributed by atoms with Crippen molar-refractivity contribution in [3.8, 4) is 0 Å². The van der Waals surface area contributed by atoms with Crippen LogP contribution in [0.25, 0.3) is 0 Å². The first kappa shape index (κ1) is 7.31. The van der Waals surface area contributed by atoms with Gasteiger partial charge in [0.25, 0.3) is 0 Å². The lowest BCUT2D eigenvalue weighted by Crippen LogP contribution is -2.18. The molecule has 0 aromatic rings. The molecular weight excluding hydrogens is 130 g/mol. The molecule has 0 aromatic carbocycles. The predicted molar refractivity (Wildman–Crippen MR) is 37.0 cm³/mol. The molecule has 1 N–H and O–H groups in total. The number of nitrogens with one attached hydrogen (secondary N) is 1. The van der Waals surface area contributed by atoms with E-state index in [0.29, 0.717) is 0 Å². The SMILES string of the molecule is N=N[C@H]1CC[C@H](N=O)CC1. The molecule has 0 bridgehead atoms. The van der Waals surface area contributed by atoms with E-state index in [1.54, 1.807) is 0 Å². The molecule has 1 aliphatic carbocycles. The third-order valence-electron chi connectivity index (χ3n) is 2.00.